The minimum Gasteiger partial charge on any atom is -0.323 e. The van der Waals surface area contributed by atoms with Crippen molar-refractivity contribution in [1.29, 1.82) is 0 Å². The maximum absolute atomic E-state index is 13.3. The van der Waals surface area contributed by atoms with Gasteiger partial charge in [0.05, 0.1) is 12.1 Å². The second-order valence-electron chi connectivity index (χ2n) is 3.53. The van der Waals surface area contributed by atoms with Gasteiger partial charge >= 0.3 is 0 Å². The first-order valence-electron chi connectivity index (χ1n) is 5.03. The van der Waals surface area contributed by atoms with Crippen LogP contribution in [0.25, 0.3) is 0 Å². The van der Waals surface area contributed by atoms with Gasteiger partial charge in [0.1, 0.15) is 0 Å². The third-order valence-corrected chi connectivity index (χ3v) is 3.10. The number of nitrogens with one attached hydrogen (secondary N) is 1. The van der Waals surface area contributed by atoms with E-state index in [9.17, 15) is 18.0 Å². The third-order valence-electron chi connectivity index (χ3n) is 2.22. The van der Waals surface area contributed by atoms with E-state index in [0.29, 0.717) is 0 Å². The van der Waals surface area contributed by atoms with Crippen molar-refractivity contribution in [1.82, 2.24) is 0 Å². The van der Waals surface area contributed by atoms with Crippen LogP contribution in [0.2, 0.25) is 0 Å². The molecule has 1 amide bonds. The third kappa shape index (κ3) is 2.70. The van der Waals surface area contributed by atoms with E-state index in [4.69, 9.17) is 0 Å². The Kier molecular flexibility index (Phi) is 3.66. The molecule has 0 unspecified atom stereocenters. The van der Waals surface area contributed by atoms with Crippen LogP contribution >= 0.6 is 11.3 Å². The molecule has 18 heavy (non-hydrogen) atoms. The molecule has 1 aromatic carbocycles. The van der Waals surface area contributed by atoms with Gasteiger partial charge in [-0.2, -0.15) is 0 Å². The van der Waals surface area contributed by atoms with E-state index in [1.807, 2.05) is 0 Å². The molecule has 94 valence electrons. The zero-order valence-electron chi connectivity index (χ0n) is 9.04. The Morgan fingerprint density at radius 1 is 1.17 bits per heavy atom. The van der Waals surface area contributed by atoms with Crippen LogP contribution in [-0.4, -0.2) is 5.91 Å². The molecule has 0 fully saturated rings. The maximum atomic E-state index is 13.3. The number of hydrogen-bond donors (Lipinski definition) is 1. The SMILES string of the molecule is O=C(Cc1cccs1)Nc1ccc(F)c(F)c1F. The van der Waals surface area contributed by atoms with Crippen molar-refractivity contribution < 1.29 is 18.0 Å². The summed E-state index contributed by atoms with van der Waals surface area (Å²) in [5, 5.41) is 4.01. The van der Waals surface area contributed by atoms with E-state index in [-0.39, 0.29) is 12.1 Å². The summed E-state index contributed by atoms with van der Waals surface area (Å²) in [4.78, 5) is 12.3. The fourth-order valence-electron chi connectivity index (χ4n) is 1.39. The zero-order chi connectivity index (χ0) is 13.1. The lowest BCUT2D eigenvalue weighted by Crippen LogP contribution is -2.15. The largest absolute Gasteiger partial charge is 0.323 e. The molecule has 0 bridgehead atoms. The predicted octanol–water partition coefficient (Wildman–Crippen LogP) is 3.35. The second kappa shape index (κ2) is 5.22. The summed E-state index contributed by atoms with van der Waals surface area (Å²) in [7, 11) is 0. The van der Waals surface area contributed by atoms with Crippen LogP contribution in [0.15, 0.2) is 29.6 Å². The molecule has 0 aliphatic heterocycles. The van der Waals surface area contributed by atoms with Crippen LogP contribution in [0.3, 0.4) is 0 Å². The summed E-state index contributed by atoms with van der Waals surface area (Å²) in [5.74, 6) is -4.76. The molecular weight excluding hydrogens is 263 g/mol. The number of benzene rings is 1. The molecule has 0 saturated heterocycles. The Morgan fingerprint density at radius 2 is 1.94 bits per heavy atom. The van der Waals surface area contributed by atoms with Crippen molar-refractivity contribution in [2.45, 2.75) is 6.42 Å². The Balaban J connectivity index is 2.10. The van der Waals surface area contributed by atoms with Crippen molar-refractivity contribution in [3.8, 4) is 0 Å². The summed E-state index contributed by atoms with van der Waals surface area (Å²) < 4.78 is 38.9. The Bertz CT molecular complexity index is 569. The molecule has 0 spiro atoms. The van der Waals surface area contributed by atoms with Gasteiger partial charge in [0.15, 0.2) is 17.5 Å². The maximum Gasteiger partial charge on any atom is 0.229 e. The van der Waals surface area contributed by atoms with E-state index in [1.54, 1.807) is 17.5 Å². The van der Waals surface area contributed by atoms with Crippen molar-refractivity contribution >= 4 is 22.9 Å². The highest BCUT2D eigenvalue weighted by atomic mass is 32.1. The van der Waals surface area contributed by atoms with E-state index in [2.05, 4.69) is 5.32 Å². The average molecular weight is 271 g/mol. The highest BCUT2D eigenvalue weighted by molar-refractivity contribution is 7.10. The van der Waals surface area contributed by atoms with E-state index < -0.39 is 23.4 Å². The molecule has 6 heteroatoms. The van der Waals surface area contributed by atoms with Gasteiger partial charge in [-0.25, -0.2) is 13.2 Å². The molecule has 0 saturated carbocycles. The van der Waals surface area contributed by atoms with Crippen molar-refractivity contribution in [2.75, 3.05) is 5.32 Å². The van der Waals surface area contributed by atoms with Gasteiger partial charge in [-0.05, 0) is 23.6 Å². The van der Waals surface area contributed by atoms with Crippen LogP contribution in [0.1, 0.15) is 4.88 Å². The van der Waals surface area contributed by atoms with Gasteiger partial charge in [-0.1, -0.05) is 6.07 Å². The van der Waals surface area contributed by atoms with Gasteiger partial charge in [-0.3, -0.25) is 4.79 Å². The minimum absolute atomic E-state index is 0.0656. The lowest BCUT2D eigenvalue weighted by atomic mass is 10.2. The lowest BCUT2D eigenvalue weighted by molar-refractivity contribution is -0.115. The van der Waals surface area contributed by atoms with Crippen LogP contribution in [0.4, 0.5) is 18.9 Å². The number of carbonyl (C=O) groups is 1. The van der Waals surface area contributed by atoms with E-state index in [1.165, 1.54) is 11.3 Å². The molecule has 0 radical (unpaired) electrons. The normalized spacial score (nSPS) is 10.4. The Morgan fingerprint density at radius 3 is 2.61 bits per heavy atom. The zero-order valence-corrected chi connectivity index (χ0v) is 9.86. The number of hydrogen-bond acceptors (Lipinski definition) is 2. The molecule has 2 rings (SSSR count). The van der Waals surface area contributed by atoms with Crippen molar-refractivity contribution in [2.24, 2.45) is 0 Å². The summed E-state index contributed by atoms with van der Waals surface area (Å²) in [6.07, 6.45) is 0.0656. The quantitative estimate of drug-likeness (QED) is 0.852. The molecule has 2 nitrogen and oxygen atoms in total. The first-order valence-corrected chi connectivity index (χ1v) is 5.91. The summed E-state index contributed by atoms with van der Waals surface area (Å²) in [5.41, 5.74) is -0.365. The number of anilines is 1. The number of rotatable bonds is 3. The summed E-state index contributed by atoms with van der Waals surface area (Å²) >= 11 is 1.38. The molecule has 2 aromatic rings. The molecule has 0 aliphatic rings. The first kappa shape index (κ1) is 12.6. The molecule has 1 aromatic heterocycles. The van der Waals surface area contributed by atoms with Gasteiger partial charge in [-0.15, -0.1) is 11.3 Å². The molecule has 1 N–H and O–H groups in total. The number of halogens is 3. The van der Waals surface area contributed by atoms with Crippen LogP contribution in [0, 0.1) is 17.5 Å². The number of amides is 1. The fraction of sp³-hybridized carbons (Fsp3) is 0.0833. The predicted molar refractivity (Wildman–Crippen MR) is 63.0 cm³/mol. The Hall–Kier alpha value is -1.82. The van der Waals surface area contributed by atoms with Crippen molar-refractivity contribution in [3.05, 3.63) is 52.0 Å². The Labute approximate surface area is 105 Å². The van der Waals surface area contributed by atoms with Crippen molar-refractivity contribution in [3.63, 3.8) is 0 Å². The molecule has 0 aliphatic carbocycles. The van der Waals surface area contributed by atoms with Gasteiger partial charge < -0.3 is 5.32 Å². The van der Waals surface area contributed by atoms with Crippen LogP contribution < -0.4 is 5.32 Å². The summed E-state index contributed by atoms with van der Waals surface area (Å²) in [6, 6.07) is 5.29. The van der Waals surface area contributed by atoms with Gasteiger partial charge in [0, 0.05) is 4.88 Å². The monoisotopic (exact) mass is 271 g/mol. The molecule has 1 heterocycles. The highest BCUT2D eigenvalue weighted by Gasteiger charge is 2.15. The van der Waals surface area contributed by atoms with Gasteiger partial charge in [0.2, 0.25) is 5.91 Å². The van der Waals surface area contributed by atoms with Gasteiger partial charge in [0.25, 0.3) is 0 Å². The summed E-state index contributed by atoms with van der Waals surface area (Å²) in [6.45, 7) is 0. The molecule has 0 atom stereocenters. The number of carbonyl (C=O) groups excluding carboxylic acids is 1. The fourth-order valence-corrected chi connectivity index (χ4v) is 2.09. The van der Waals surface area contributed by atoms with Crippen LogP contribution in [0.5, 0.6) is 0 Å². The standard InChI is InChI=1S/C12H8F3NOS/c13-8-3-4-9(12(15)11(8)14)16-10(17)6-7-2-1-5-18-7/h1-5H,6H2,(H,16,17). The molecular formula is C12H8F3NOS. The average Bonchev–Trinajstić information content (AvgIpc) is 2.83. The smallest absolute Gasteiger partial charge is 0.229 e. The topological polar surface area (TPSA) is 29.1 Å². The van der Waals surface area contributed by atoms with E-state index in [0.717, 1.165) is 17.0 Å². The highest BCUT2D eigenvalue weighted by Crippen LogP contribution is 2.20. The van der Waals surface area contributed by atoms with Crippen LogP contribution in [-0.2, 0) is 11.2 Å². The first-order chi connectivity index (χ1) is 8.58. The lowest BCUT2D eigenvalue weighted by Gasteiger charge is -2.06. The minimum atomic E-state index is -1.59. The number of thiophene rings is 1. The van der Waals surface area contributed by atoms with E-state index >= 15 is 0 Å². The second-order valence-corrected chi connectivity index (χ2v) is 4.56.